The molecule has 4 heteroatoms. The number of aromatic nitrogens is 1. The average molecular weight is 233 g/mol. The molecule has 0 atom stereocenters. The van der Waals surface area contributed by atoms with Gasteiger partial charge in [0, 0.05) is 6.20 Å². The molecule has 1 amide bonds. The van der Waals surface area contributed by atoms with Crippen molar-refractivity contribution in [3.05, 3.63) is 29.6 Å². The zero-order valence-corrected chi connectivity index (χ0v) is 10.2. The highest BCUT2D eigenvalue weighted by atomic mass is 16.2. The largest absolute Gasteiger partial charge is 0.349 e. The number of nitrogens with zero attached hydrogens (tertiary/aromatic N) is 1. The normalized spacial score (nSPS) is 18.0. The fourth-order valence-corrected chi connectivity index (χ4v) is 2.28. The third-order valence-corrected chi connectivity index (χ3v) is 3.48. The van der Waals surface area contributed by atoms with Crippen molar-refractivity contribution in [3.63, 3.8) is 0 Å². The molecule has 3 N–H and O–H groups in total. The van der Waals surface area contributed by atoms with Gasteiger partial charge in [-0.15, -0.1) is 0 Å². The van der Waals surface area contributed by atoms with E-state index in [1.807, 2.05) is 19.1 Å². The molecule has 0 radical (unpaired) electrons. The van der Waals surface area contributed by atoms with Gasteiger partial charge in [0.1, 0.15) is 0 Å². The zero-order chi connectivity index (χ0) is 12.3. The molecular weight excluding hydrogens is 214 g/mol. The van der Waals surface area contributed by atoms with E-state index < -0.39 is 5.54 Å². The summed E-state index contributed by atoms with van der Waals surface area (Å²) < 4.78 is 0. The van der Waals surface area contributed by atoms with E-state index in [1.54, 1.807) is 6.20 Å². The highest BCUT2D eigenvalue weighted by molar-refractivity contribution is 5.86. The smallest absolute Gasteiger partial charge is 0.240 e. The van der Waals surface area contributed by atoms with Crippen LogP contribution in [0.1, 0.15) is 36.9 Å². The molecule has 1 aromatic rings. The maximum atomic E-state index is 12.0. The molecule has 0 spiro atoms. The summed E-state index contributed by atoms with van der Waals surface area (Å²) in [5, 5.41) is 2.90. The van der Waals surface area contributed by atoms with Crippen LogP contribution in [0.5, 0.6) is 0 Å². The van der Waals surface area contributed by atoms with Crippen LogP contribution in [0.4, 0.5) is 0 Å². The summed E-state index contributed by atoms with van der Waals surface area (Å²) in [5.74, 6) is -0.0416. The SMILES string of the molecule is Cc1cccnc1CNC(=O)C1(N)CCCC1. The van der Waals surface area contributed by atoms with Gasteiger partial charge in [-0.2, -0.15) is 0 Å². The summed E-state index contributed by atoms with van der Waals surface area (Å²) in [4.78, 5) is 16.2. The number of rotatable bonds is 3. The number of nitrogens with two attached hydrogens (primary N) is 1. The van der Waals surface area contributed by atoms with Crippen molar-refractivity contribution in [1.29, 1.82) is 0 Å². The van der Waals surface area contributed by atoms with E-state index in [2.05, 4.69) is 10.3 Å². The molecule has 1 aromatic heterocycles. The summed E-state index contributed by atoms with van der Waals surface area (Å²) >= 11 is 0. The molecule has 1 aliphatic rings. The van der Waals surface area contributed by atoms with Crippen LogP contribution in [0.3, 0.4) is 0 Å². The van der Waals surface area contributed by atoms with Crippen LogP contribution in [-0.2, 0) is 11.3 Å². The number of carbonyl (C=O) groups is 1. The van der Waals surface area contributed by atoms with E-state index in [0.717, 1.165) is 36.9 Å². The van der Waals surface area contributed by atoms with E-state index >= 15 is 0 Å². The number of nitrogens with one attached hydrogen (secondary N) is 1. The Morgan fingerprint density at radius 3 is 2.88 bits per heavy atom. The number of amides is 1. The molecule has 1 aliphatic carbocycles. The van der Waals surface area contributed by atoms with Crippen LogP contribution < -0.4 is 11.1 Å². The Bertz CT molecular complexity index is 411. The molecule has 0 unspecified atom stereocenters. The van der Waals surface area contributed by atoms with Crippen molar-refractivity contribution in [2.24, 2.45) is 5.73 Å². The van der Waals surface area contributed by atoms with Gasteiger partial charge in [-0.3, -0.25) is 9.78 Å². The third kappa shape index (κ3) is 2.64. The quantitative estimate of drug-likeness (QED) is 0.826. The van der Waals surface area contributed by atoms with Gasteiger partial charge in [0.05, 0.1) is 17.8 Å². The molecule has 92 valence electrons. The van der Waals surface area contributed by atoms with Crippen molar-refractivity contribution >= 4 is 5.91 Å². The molecule has 17 heavy (non-hydrogen) atoms. The maximum Gasteiger partial charge on any atom is 0.240 e. The maximum absolute atomic E-state index is 12.0. The molecule has 4 nitrogen and oxygen atoms in total. The van der Waals surface area contributed by atoms with Gasteiger partial charge in [0.25, 0.3) is 0 Å². The first-order chi connectivity index (χ1) is 8.12. The van der Waals surface area contributed by atoms with E-state index in [0.29, 0.717) is 6.54 Å². The summed E-state index contributed by atoms with van der Waals surface area (Å²) in [7, 11) is 0. The Balaban J connectivity index is 1.94. The molecule has 1 heterocycles. The van der Waals surface area contributed by atoms with Crippen LogP contribution >= 0.6 is 0 Å². The second-order valence-corrected chi connectivity index (χ2v) is 4.81. The topological polar surface area (TPSA) is 68.0 Å². The predicted molar refractivity (Wildman–Crippen MR) is 66.2 cm³/mol. The molecular formula is C13H19N3O. The van der Waals surface area contributed by atoms with Crippen molar-refractivity contribution in [2.45, 2.75) is 44.7 Å². The fraction of sp³-hybridized carbons (Fsp3) is 0.538. The minimum atomic E-state index is -0.650. The lowest BCUT2D eigenvalue weighted by Gasteiger charge is -2.22. The number of carbonyl (C=O) groups excluding carboxylic acids is 1. The molecule has 0 saturated heterocycles. The van der Waals surface area contributed by atoms with Crippen LogP contribution in [0.15, 0.2) is 18.3 Å². The minimum Gasteiger partial charge on any atom is -0.349 e. The number of hydrogen-bond acceptors (Lipinski definition) is 3. The molecule has 0 bridgehead atoms. The highest BCUT2D eigenvalue weighted by Crippen LogP contribution is 2.27. The van der Waals surface area contributed by atoms with Crippen molar-refractivity contribution < 1.29 is 4.79 Å². The third-order valence-electron chi connectivity index (χ3n) is 3.48. The van der Waals surface area contributed by atoms with E-state index in [-0.39, 0.29) is 5.91 Å². The minimum absolute atomic E-state index is 0.0416. The Kier molecular flexibility index (Phi) is 3.43. The molecule has 0 aliphatic heterocycles. The van der Waals surface area contributed by atoms with Gasteiger partial charge in [-0.1, -0.05) is 18.9 Å². The second-order valence-electron chi connectivity index (χ2n) is 4.81. The van der Waals surface area contributed by atoms with Gasteiger partial charge < -0.3 is 11.1 Å². The molecule has 1 fully saturated rings. The van der Waals surface area contributed by atoms with Crippen LogP contribution in [0, 0.1) is 6.92 Å². The lowest BCUT2D eigenvalue weighted by Crippen LogP contribution is -2.51. The van der Waals surface area contributed by atoms with Gasteiger partial charge in [-0.25, -0.2) is 0 Å². The standard InChI is InChI=1S/C13H19N3O/c1-10-5-4-8-15-11(10)9-16-12(17)13(14)6-2-3-7-13/h4-5,8H,2-3,6-7,9,14H2,1H3,(H,16,17). The first-order valence-corrected chi connectivity index (χ1v) is 6.09. The van der Waals surface area contributed by atoms with Crippen molar-refractivity contribution in [1.82, 2.24) is 10.3 Å². The molecule has 2 rings (SSSR count). The summed E-state index contributed by atoms with van der Waals surface area (Å²) in [6.07, 6.45) is 5.42. The first kappa shape index (κ1) is 12.0. The lowest BCUT2D eigenvalue weighted by atomic mass is 9.98. The Morgan fingerprint density at radius 1 is 1.53 bits per heavy atom. The lowest BCUT2D eigenvalue weighted by molar-refractivity contribution is -0.126. The highest BCUT2D eigenvalue weighted by Gasteiger charge is 2.36. The van der Waals surface area contributed by atoms with E-state index in [9.17, 15) is 4.79 Å². The van der Waals surface area contributed by atoms with Gasteiger partial charge >= 0.3 is 0 Å². The van der Waals surface area contributed by atoms with Gasteiger partial charge in [-0.05, 0) is 31.4 Å². The number of pyridine rings is 1. The Morgan fingerprint density at radius 2 is 2.24 bits per heavy atom. The summed E-state index contributed by atoms with van der Waals surface area (Å²) in [6, 6.07) is 3.88. The molecule has 1 saturated carbocycles. The van der Waals surface area contributed by atoms with Gasteiger partial charge in [0.15, 0.2) is 0 Å². The monoisotopic (exact) mass is 233 g/mol. The zero-order valence-electron chi connectivity index (χ0n) is 10.2. The van der Waals surface area contributed by atoms with Crippen molar-refractivity contribution in [2.75, 3.05) is 0 Å². The average Bonchev–Trinajstić information content (AvgIpc) is 2.76. The van der Waals surface area contributed by atoms with Crippen LogP contribution in [0.25, 0.3) is 0 Å². The summed E-state index contributed by atoms with van der Waals surface area (Å²) in [6.45, 7) is 2.45. The fourth-order valence-electron chi connectivity index (χ4n) is 2.28. The molecule has 0 aromatic carbocycles. The Hall–Kier alpha value is -1.42. The predicted octanol–water partition coefficient (Wildman–Crippen LogP) is 1.28. The summed E-state index contributed by atoms with van der Waals surface area (Å²) in [5.41, 5.74) is 7.42. The van der Waals surface area contributed by atoms with Gasteiger partial charge in [0.2, 0.25) is 5.91 Å². The van der Waals surface area contributed by atoms with Crippen molar-refractivity contribution in [3.8, 4) is 0 Å². The van der Waals surface area contributed by atoms with Crippen LogP contribution in [-0.4, -0.2) is 16.4 Å². The Labute approximate surface area is 102 Å². The first-order valence-electron chi connectivity index (χ1n) is 6.09. The second kappa shape index (κ2) is 4.84. The number of aryl methyl sites for hydroxylation is 1. The van der Waals surface area contributed by atoms with Crippen LogP contribution in [0.2, 0.25) is 0 Å². The van der Waals surface area contributed by atoms with E-state index in [4.69, 9.17) is 5.73 Å². The number of hydrogen-bond donors (Lipinski definition) is 2. The van der Waals surface area contributed by atoms with E-state index in [1.165, 1.54) is 0 Å².